The molecule has 1 aliphatic rings. The highest BCUT2D eigenvalue weighted by molar-refractivity contribution is 5.84. The number of hydrogen-bond donors (Lipinski definition) is 1. The molecule has 1 rings (SSSR count). The van der Waals surface area contributed by atoms with Gasteiger partial charge in [-0.25, -0.2) is 0 Å². The van der Waals surface area contributed by atoms with Crippen LogP contribution in [-0.2, 0) is 4.79 Å². The second-order valence-electron chi connectivity index (χ2n) is 3.78. The molecule has 2 N–H and O–H groups in total. The normalized spacial score (nSPS) is 19.6. The van der Waals surface area contributed by atoms with Gasteiger partial charge in [-0.15, -0.1) is 0 Å². The van der Waals surface area contributed by atoms with E-state index >= 15 is 0 Å². The van der Waals surface area contributed by atoms with Gasteiger partial charge in [-0.3, -0.25) is 4.79 Å². The Bertz CT molecular complexity index is 295. The second kappa shape index (κ2) is 4.27. The smallest absolute Gasteiger partial charge is 0.223 e. The molecule has 0 unspecified atom stereocenters. The van der Waals surface area contributed by atoms with E-state index in [0.29, 0.717) is 0 Å². The van der Waals surface area contributed by atoms with E-state index in [9.17, 15) is 4.79 Å². The number of carbonyl (C=O) groups is 1. The lowest BCUT2D eigenvalue weighted by atomic mass is 9.95. The van der Waals surface area contributed by atoms with Gasteiger partial charge in [-0.1, -0.05) is 36.5 Å². The summed E-state index contributed by atoms with van der Waals surface area (Å²) in [5.74, 6) is -0.163. The van der Waals surface area contributed by atoms with Crippen molar-refractivity contribution < 1.29 is 4.79 Å². The fourth-order valence-electron chi connectivity index (χ4n) is 1.50. The molecular formula is C12H17NO. The van der Waals surface area contributed by atoms with Gasteiger partial charge < -0.3 is 5.73 Å². The highest BCUT2D eigenvalue weighted by atomic mass is 16.1. The molecule has 0 radical (unpaired) electrons. The number of primary amides is 1. The summed E-state index contributed by atoms with van der Waals surface area (Å²) in [4.78, 5) is 11.2. The highest BCUT2D eigenvalue weighted by Gasteiger charge is 2.48. The molecule has 0 bridgehead atoms. The Kier molecular flexibility index (Phi) is 3.28. The van der Waals surface area contributed by atoms with Crippen LogP contribution in [0.15, 0.2) is 36.5 Å². The third-order valence-electron chi connectivity index (χ3n) is 2.74. The van der Waals surface area contributed by atoms with E-state index in [4.69, 9.17) is 5.73 Å². The van der Waals surface area contributed by atoms with Gasteiger partial charge in [0.1, 0.15) is 0 Å². The van der Waals surface area contributed by atoms with Crippen molar-refractivity contribution >= 4 is 5.91 Å². The lowest BCUT2D eigenvalue weighted by molar-refractivity contribution is -0.123. The maximum absolute atomic E-state index is 11.2. The lowest BCUT2D eigenvalue weighted by Crippen LogP contribution is -2.24. The molecule has 0 saturated heterocycles. The fourth-order valence-corrected chi connectivity index (χ4v) is 1.50. The summed E-state index contributed by atoms with van der Waals surface area (Å²) in [6.07, 6.45) is 10.2. The van der Waals surface area contributed by atoms with E-state index in [2.05, 4.69) is 6.58 Å². The molecule has 1 saturated carbocycles. The minimum absolute atomic E-state index is 0.163. The van der Waals surface area contributed by atoms with Crippen LogP contribution in [0.25, 0.3) is 0 Å². The summed E-state index contributed by atoms with van der Waals surface area (Å²) in [6, 6.07) is 0. The van der Waals surface area contributed by atoms with Crippen molar-refractivity contribution in [1.29, 1.82) is 0 Å². The molecule has 1 aliphatic carbocycles. The summed E-state index contributed by atoms with van der Waals surface area (Å²) in [6.45, 7) is 5.58. The van der Waals surface area contributed by atoms with Crippen LogP contribution in [0.1, 0.15) is 26.2 Å². The van der Waals surface area contributed by atoms with Crippen LogP contribution in [0.4, 0.5) is 0 Å². The van der Waals surface area contributed by atoms with E-state index in [1.807, 2.05) is 25.2 Å². The Morgan fingerprint density at radius 2 is 2.21 bits per heavy atom. The minimum atomic E-state index is -0.243. The highest BCUT2D eigenvalue weighted by Crippen LogP contribution is 2.50. The van der Waals surface area contributed by atoms with Gasteiger partial charge in [0.25, 0.3) is 0 Å². The molecule has 0 aromatic carbocycles. The average Bonchev–Trinajstić information content (AvgIpc) is 2.93. The summed E-state index contributed by atoms with van der Waals surface area (Å²) in [5, 5.41) is 0. The van der Waals surface area contributed by atoms with Crippen molar-refractivity contribution in [3.63, 3.8) is 0 Å². The van der Waals surface area contributed by atoms with Gasteiger partial charge in [0.05, 0.1) is 5.41 Å². The van der Waals surface area contributed by atoms with Crippen molar-refractivity contribution in [2.45, 2.75) is 26.2 Å². The Labute approximate surface area is 85.2 Å². The molecule has 0 aromatic rings. The van der Waals surface area contributed by atoms with Crippen LogP contribution in [0, 0.1) is 5.41 Å². The zero-order valence-corrected chi connectivity index (χ0v) is 8.62. The summed E-state index contributed by atoms with van der Waals surface area (Å²) in [7, 11) is 0. The van der Waals surface area contributed by atoms with Gasteiger partial charge in [0.15, 0.2) is 0 Å². The SMILES string of the molecule is C=C/C=C\C(=C/C)CC1(C(N)=O)CC1. The first-order chi connectivity index (χ1) is 6.64. The first kappa shape index (κ1) is 10.8. The molecule has 0 atom stereocenters. The van der Waals surface area contributed by atoms with Crippen molar-refractivity contribution in [2.75, 3.05) is 0 Å². The molecule has 0 aromatic heterocycles. The third kappa shape index (κ3) is 2.34. The van der Waals surface area contributed by atoms with Crippen molar-refractivity contribution in [3.05, 3.63) is 36.5 Å². The predicted molar refractivity (Wildman–Crippen MR) is 58.6 cm³/mol. The number of rotatable bonds is 5. The first-order valence-electron chi connectivity index (χ1n) is 4.89. The predicted octanol–water partition coefficient (Wildman–Crippen LogP) is 2.33. The molecular weight excluding hydrogens is 174 g/mol. The number of allylic oxidation sites excluding steroid dienone is 5. The van der Waals surface area contributed by atoms with Crippen molar-refractivity contribution in [3.8, 4) is 0 Å². The van der Waals surface area contributed by atoms with Crippen LogP contribution in [0.3, 0.4) is 0 Å². The maximum atomic E-state index is 11.2. The Morgan fingerprint density at radius 1 is 1.57 bits per heavy atom. The number of amides is 1. The van der Waals surface area contributed by atoms with E-state index < -0.39 is 0 Å². The fraction of sp³-hybridized carbons (Fsp3) is 0.417. The average molecular weight is 191 g/mol. The summed E-state index contributed by atoms with van der Waals surface area (Å²) >= 11 is 0. The Balaban J connectivity index is 2.62. The van der Waals surface area contributed by atoms with E-state index in [-0.39, 0.29) is 11.3 Å². The van der Waals surface area contributed by atoms with Gasteiger partial charge in [-0.2, -0.15) is 0 Å². The van der Waals surface area contributed by atoms with Gasteiger partial charge in [0.2, 0.25) is 5.91 Å². The maximum Gasteiger partial charge on any atom is 0.223 e. The number of carbonyl (C=O) groups excluding carboxylic acids is 1. The second-order valence-corrected chi connectivity index (χ2v) is 3.78. The topological polar surface area (TPSA) is 43.1 Å². The monoisotopic (exact) mass is 191 g/mol. The van der Waals surface area contributed by atoms with Crippen molar-refractivity contribution in [2.24, 2.45) is 11.1 Å². The largest absolute Gasteiger partial charge is 0.369 e. The molecule has 0 spiro atoms. The van der Waals surface area contributed by atoms with Gasteiger partial charge >= 0.3 is 0 Å². The van der Waals surface area contributed by atoms with E-state index in [1.165, 1.54) is 0 Å². The Morgan fingerprint density at radius 3 is 2.57 bits per heavy atom. The van der Waals surface area contributed by atoms with Crippen LogP contribution in [0.5, 0.6) is 0 Å². The zero-order valence-electron chi connectivity index (χ0n) is 8.62. The number of nitrogens with two attached hydrogens (primary N) is 1. The van der Waals surface area contributed by atoms with Crippen LogP contribution >= 0.6 is 0 Å². The quantitative estimate of drug-likeness (QED) is 0.666. The van der Waals surface area contributed by atoms with Crippen LogP contribution in [0.2, 0.25) is 0 Å². The summed E-state index contributed by atoms with van der Waals surface area (Å²) in [5.41, 5.74) is 6.27. The van der Waals surface area contributed by atoms with Gasteiger partial charge in [0, 0.05) is 0 Å². The number of hydrogen-bond acceptors (Lipinski definition) is 1. The minimum Gasteiger partial charge on any atom is -0.369 e. The molecule has 1 fully saturated rings. The standard InChI is InChI=1S/C12H17NO/c1-3-5-6-10(4-2)9-12(7-8-12)11(13)14/h3-6H,1,7-9H2,2H3,(H2,13,14)/b6-5-,10-4+. The van der Waals surface area contributed by atoms with E-state index in [0.717, 1.165) is 24.8 Å². The lowest BCUT2D eigenvalue weighted by Gasteiger charge is -2.10. The zero-order chi connectivity index (χ0) is 10.6. The molecule has 1 amide bonds. The summed E-state index contributed by atoms with van der Waals surface area (Å²) < 4.78 is 0. The van der Waals surface area contributed by atoms with Crippen LogP contribution < -0.4 is 5.73 Å². The van der Waals surface area contributed by atoms with Crippen LogP contribution in [-0.4, -0.2) is 5.91 Å². The third-order valence-corrected chi connectivity index (χ3v) is 2.74. The van der Waals surface area contributed by atoms with E-state index in [1.54, 1.807) is 6.08 Å². The molecule has 0 aliphatic heterocycles. The molecule has 76 valence electrons. The van der Waals surface area contributed by atoms with Crippen molar-refractivity contribution in [1.82, 2.24) is 0 Å². The first-order valence-corrected chi connectivity index (χ1v) is 4.89. The Hall–Kier alpha value is -1.31. The molecule has 2 nitrogen and oxygen atoms in total. The van der Waals surface area contributed by atoms with Gasteiger partial charge in [-0.05, 0) is 26.2 Å². The molecule has 0 heterocycles. The molecule has 14 heavy (non-hydrogen) atoms. The molecule has 2 heteroatoms.